The lowest BCUT2D eigenvalue weighted by atomic mass is 10.2. The summed E-state index contributed by atoms with van der Waals surface area (Å²) in [6.45, 7) is -0.168. The Hall–Kier alpha value is -3.74. The normalized spacial score (nSPS) is 10.3. The third kappa shape index (κ3) is 5.87. The van der Waals surface area contributed by atoms with Gasteiger partial charge in [0, 0.05) is 11.8 Å². The van der Waals surface area contributed by atoms with Gasteiger partial charge in [0.15, 0.2) is 18.2 Å². The summed E-state index contributed by atoms with van der Waals surface area (Å²) in [5.74, 6) is -2.89. The van der Waals surface area contributed by atoms with Crippen molar-refractivity contribution < 1.29 is 27.8 Å². The van der Waals surface area contributed by atoms with Crippen molar-refractivity contribution in [1.82, 2.24) is 0 Å². The number of hydrogen-bond donors (Lipinski definition) is 1. The summed E-state index contributed by atoms with van der Waals surface area (Å²) >= 11 is 0. The molecule has 3 aromatic rings. The van der Waals surface area contributed by atoms with E-state index in [1.165, 1.54) is 18.2 Å². The van der Waals surface area contributed by atoms with E-state index in [2.05, 4.69) is 5.32 Å². The maximum Gasteiger partial charge on any atom is 0.338 e. The van der Waals surface area contributed by atoms with Crippen molar-refractivity contribution in [3.8, 4) is 5.75 Å². The molecule has 0 aliphatic carbocycles. The Morgan fingerprint density at radius 3 is 2.28 bits per heavy atom. The second-order valence-electron chi connectivity index (χ2n) is 6.05. The fraction of sp³-hybridized carbons (Fsp3) is 0.0909. The first kappa shape index (κ1) is 20.0. The van der Waals surface area contributed by atoms with Crippen LogP contribution in [0.5, 0.6) is 5.75 Å². The van der Waals surface area contributed by atoms with Gasteiger partial charge in [-0.05, 0) is 42.0 Å². The largest absolute Gasteiger partial charge is 0.489 e. The number of esters is 1. The van der Waals surface area contributed by atoms with Crippen molar-refractivity contribution in [2.24, 2.45) is 0 Å². The zero-order valence-electron chi connectivity index (χ0n) is 15.2. The highest BCUT2D eigenvalue weighted by atomic mass is 19.2. The first-order chi connectivity index (χ1) is 14.0. The van der Waals surface area contributed by atoms with E-state index < -0.39 is 30.1 Å². The van der Waals surface area contributed by atoms with Gasteiger partial charge in [0.25, 0.3) is 5.91 Å². The number of rotatable bonds is 7. The molecule has 1 N–H and O–H groups in total. The minimum Gasteiger partial charge on any atom is -0.489 e. The fourth-order valence-corrected chi connectivity index (χ4v) is 2.41. The quantitative estimate of drug-likeness (QED) is 0.603. The van der Waals surface area contributed by atoms with Crippen LogP contribution in [0, 0.1) is 11.6 Å². The Balaban J connectivity index is 1.47. The maximum absolute atomic E-state index is 13.1. The van der Waals surface area contributed by atoms with E-state index in [1.54, 1.807) is 12.1 Å². The van der Waals surface area contributed by atoms with Crippen LogP contribution in [-0.4, -0.2) is 18.5 Å². The van der Waals surface area contributed by atoms with E-state index in [4.69, 9.17) is 9.47 Å². The molecule has 0 atom stereocenters. The lowest BCUT2D eigenvalue weighted by molar-refractivity contribution is -0.119. The van der Waals surface area contributed by atoms with Gasteiger partial charge >= 0.3 is 5.97 Å². The van der Waals surface area contributed by atoms with Crippen LogP contribution in [-0.2, 0) is 16.1 Å². The lowest BCUT2D eigenvalue weighted by Gasteiger charge is -2.08. The number of ether oxygens (including phenoxy) is 2. The van der Waals surface area contributed by atoms with Gasteiger partial charge in [-0.25, -0.2) is 13.6 Å². The average molecular weight is 397 g/mol. The van der Waals surface area contributed by atoms with Crippen molar-refractivity contribution in [3.05, 3.63) is 95.6 Å². The first-order valence-corrected chi connectivity index (χ1v) is 8.70. The van der Waals surface area contributed by atoms with Crippen LogP contribution in [0.2, 0.25) is 0 Å². The molecular weight excluding hydrogens is 380 g/mol. The third-order valence-electron chi connectivity index (χ3n) is 3.88. The molecule has 148 valence electrons. The molecule has 0 fully saturated rings. The first-order valence-electron chi connectivity index (χ1n) is 8.70. The van der Waals surface area contributed by atoms with Gasteiger partial charge in [-0.15, -0.1) is 0 Å². The van der Waals surface area contributed by atoms with Gasteiger partial charge in [0.2, 0.25) is 0 Å². The topological polar surface area (TPSA) is 64.6 Å². The Kier molecular flexibility index (Phi) is 6.52. The number of carbonyl (C=O) groups is 2. The molecule has 0 spiro atoms. The van der Waals surface area contributed by atoms with E-state index in [-0.39, 0.29) is 11.3 Å². The lowest BCUT2D eigenvalue weighted by Crippen LogP contribution is -2.21. The summed E-state index contributed by atoms with van der Waals surface area (Å²) < 4.78 is 36.6. The SMILES string of the molecule is O=C(COC(=O)c1ccc(OCc2ccccc2)cc1)Nc1ccc(F)c(F)c1. The van der Waals surface area contributed by atoms with Gasteiger partial charge in [-0.3, -0.25) is 4.79 Å². The van der Waals surface area contributed by atoms with Crippen LogP contribution in [0.15, 0.2) is 72.8 Å². The maximum atomic E-state index is 13.1. The van der Waals surface area contributed by atoms with Gasteiger partial charge in [0.05, 0.1) is 5.56 Å². The Morgan fingerprint density at radius 2 is 1.59 bits per heavy atom. The summed E-state index contributed by atoms with van der Waals surface area (Å²) in [4.78, 5) is 23.8. The number of anilines is 1. The molecule has 5 nitrogen and oxygen atoms in total. The molecule has 0 saturated heterocycles. The number of benzene rings is 3. The third-order valence-corrected chi connectivity index (χ3v) is 3.88. The summed E-state index contributed by atoms with van der Waals surface area (Å²) in [6, 6.07) is 18.9. The predicted molar refractivity (Wildman–Crippen MR) is 102 cm³/mol. The van der Waals surface area contributed by atoms with E-state index in [0.29, 0.717) is 12.4 Å². The summed E-state index contributed by atoms with van der Waals surface area (Å²) in [5.41, 5.74) is 1.32. The van der Waals surface area contributed by atoms with Gasteiger partial charge in [-0.1, -0.05) is 30.3 Å². The molecule has 0 unspecified atom stereocenters. The Morgan fingerprint density at radius 1 is 0.862 bits per heavy atom. The number of nitrogens with one attached hydrogen (secondary N) is 1. The van der Waals surface area contributed by atoms with Crippen molar-refractivity contribution in [1.29, 1.82) is 0 Å². The highest BCUT2D eigenvalue weighted by molar-refractivity contribution is 5.95. The van der Waals surface area contributed by atoms with E-state index in [0.717, 1.165) is 17.7 Å². The van der Waals surface area contributed by atoms with Gasteiger partial charge < -0.3 is 14.8 Å². The summed E-state index contributed by atoms with van der Waals surface area (Å²) in [6.07, 6.45) is 0. The number of amides is 1. The average Bonchev–Trinajstić information content (AvgIpc) is 2.74. The highest BCUT2D eigenvalue weighted by Gasteiger charge is 2.11. The highest BCUT2D eigenvalue weighted by Crippen LogP contribution is 2.15. The number of hydrogen-bond acceptors (Lipinski definition) is 4. The molecular formula is C22H17F2NO4. The van der Waals surface area contributed by atoms with Crippen LogP contribution in [0.4, 0.5) is 14.5 Å². The van der Waals surface area contributed by atoms with Crippen LogP contribution in [0.3, 0.4) is 0 Å². The molecule has 0 bridgehead atoms. The van der Waals surface area contributed by atoms with Crippen LogP contribution in [0.1, 0.15) is 15.9 Å². The second-order valence-corrected chi connectivity index (χ2v) is 6.05. The number of carbonyl (C=O) groups excluding carboxylic acids is 2. The van der Waals surface area contributed by atoms with Gasteiger partial charge in [0.1, 0.15) is 12.4 Å². The molecule has 0 aromatic heterocycles. The predicted octanol–water partition coefficient (Wildman–Crippen LogP) is 4.34. The summed E-state index contributed by atoms with van der Waals surface area (Å²) in [7, 11) is 0. The van der Waals surface area contributed by atoms with E-state index >= 15 is 0 Å². The monoisotopic (exact) mass is 397 g/mol. The molecule has 0 heterocycles. The van der Waals surface area contributed by atoms with Crippen LogP contribution in [0.25, 0.3) is 0 Å². The molecule has 0 saturated carbocycles. The number of halogens is 2. The van der Waals surface area contributed by atoms with Crippen LogP contribution >= 0.6 is 0 Å². The molecule has 0 aliphatic rings. The molecule has 0 radical (unpaired) electrons. The van der Waals surface area contributed by atoms with E-state index in [1.807, 2.05) is 30.3 Å². The Labute approximate surface area is 165 Å². The van der Waals surface area contributed by atoms with Crippen molar-refractivity contribution in [3.63, 3.8) is 0 Å². The molecule has 29 heavy (non-hydrogen) atoms. The molecule has 0 aliphatic heterocycles. The zero-order chi connectivity index (χ0) is 20.6. The molecule has 3 aromatic carbocycles. The van der Waals surface area contributed by atoms with Crippen molar-refractivity contribution in [2.45, 2.75) is 6.61 Å². The van der Waals surface area contributed by atoms with E-state index in [9.17, 15) is 18.4 Å². The smallest absolute Gasteiger partial charge is 0.338 e. The molecule has 3 rings (SSSR count). The molecule has 7 heteroatoms. The summed E-state index contributed by atoms with van der Waals surface area (Å²) in [5, 5.41) is 2.32. The Bertz CT molecular complexity index is 991. The zero-order valence-corrected chi connectivity index (χ0v) is 15.2. The van der Waals surface area contributed by atoms with Crippen molar-refractivity contribution in [2.75, 3.05) is 11.9 Å². The molecule has 1 amide bonds. The minimum atomic E-state index is -1.09. The van der Waals surface area contributed by atoms with Crippen molar-refractivity contribution >= 4 is 17.6 Å². The minimum absolute atomic E-state index is 0.0601. The second kappa shape index (κ2) is 9.45. The fourth-order valence-electron chi connectivity index (χ4n) is 2.41. The van der Waals surface area contributed by atoms with Crippen LogP contribution < -0.4 is 10.1 Å². The van der Waals surface area contributed by atoms with Gasteiger partial charge in [-0.2, -0.15) is 0 Å². The standard InChI is InChI=1S/C22H17F2NO4/c23-19-11-8-17(12-20(19)24)25-21(26)14-29-22(27)16-6-9-18(10-7-16)28-13-15-4-2-1-3-5-15/h1-12H,13-14H2,(H,25,26).